The van der Waals surface area contributed by atoms with Crippen molar-refractivity contribution in [2.45, 2.75) is 26.8 Å². The molecular weight excluding hydrogens is 421 g/mol. The predicted octanol–water partition coefficient (Wildman–Crippen LogP) is 3.18. The number of nitrogens with two attached hydrogens (primary N) is 1. The largest absolute Gasteiger partial charge is 0.384 e. The predicted molar refractivity (Wildman–Crippen MR) is 120 cm³/mol. The number of hydrogen-bond acceptors (Lipinski definition) is 5. The number of aryl methyl sites for hydroxylation is 2. The number of hydrogen-bond donors (Lipinski definition) is 2. The molecule has 3 aromatic rings. The number of pyridine rings is 2. The minimum Gasteiger partial charge on any atom is -0.384 e. The number of rotatable bonds is 6. The van der Waals surface area contributed by atoms with Crippen LogP contribution in [0, 0.1) is 19.7 Å². The number of carbonyl (C=O) groups is 1. The summed E-state index contributed by atoms with van der Waals surface area (Å²) in [4.78, 5) is 31.4. The van der Waals surface area contributed by atoms with E-state index in [1.54, 1.807) is 45.3 Å². The van der Waals surface area contributed by atoms with Crippen molar-refractivity contribution >= 4 is 29.0 Å². The van der Waals surface area contributed by atoms with Gasteiger partial charge in [-0.25, -0.2) is 14.1 Å². The van der Waals surface area contributed by atoms with E-state index in [1.807, 2.05) is 0 Å². The molecule has 2 aromatic heterocycles. The lowest BCUT2D eigenvalue weighted by Crippen LogP contribution is -2.35. The molecule has 2 heterocycles. The fraction of sp³-hybridized carbons (Fsp3) is 0.227. The molecule has 3 N–H and O–H groups in total. The fourth-order valence-electron chi connectivity index (χ4n) is 3.19. The van der Waals surface area contributed by atoms with Gasteiger partial charge in [0.25, 0.3) is 5.56 Å². The van der Waals surface area contributed by atoms with E-state index in [1.165, 1.54) is 27.8 Å². The number of halogens is 2. The second-order valence-corrected chi connectivity index (χ2v) is 7.63. The molecule has 1 amide bonds. The highest BCUT2D eigenvalue weighted by Crippen LogP contribution is 2.19. The third-order valence-corrected chi connectivity index (χ3v) is 5.25. The second-order valence-electron chi connectivity index (χ2n) is 7.19. The van der Waals surface area contributed by atoms with Crippen molar-refractivity contribution in [1.29, 1.82) is 0 Å². The maximum Gasteiger partial charge on any atom is 0.272 e. The lowest BCUT2D eigenvalue weighted by molar-refractivity contribution is -0.117. The Labute approximate surface area is 184 Å². The molecule has 0 atom stereocenters. The third-order valence-electron chi connectivity index (χ3n) is 5.02. The van der Waals surface area contributed by atoms with Gasteiger partial charge in [0.05, 0.1) is 24.3 Å². The molecule has 7 nitrogen and oxygen atoms in total. The monoisotopic (exact) mass is 443 g/mol. The van der Waals surface area contributed by atoms with Crippen molar-refractivity contribution in [3.05, 3.63) is 86.2 Å². The van der Waals surface area contributed by atoms with Gasteiger partial charge in [-0.1, -0.05) is 11.6 Å². The van der Waals surface area contributed by atoms with Crippen LogP contribution >= 0.6 is 11.6 Å². The van der Waals surface area contributed by atoms with Crippen LogP contribution in [0.5, 0.6) is 0 Å². The average Bonchev–Trinajstić information content (AvgIpc) is 2.72. The molecule has 0 aliphatic carbocycles. The second kappa shape index (κ2) is 9.18. The van der Waals surface area contributed by atoms with E-state index in [0.29, 0.717) is 38.9 Å². The van der Waals surface area contributed by atoms with E-state index in [0.717, 1.165) is 0 Å². The molecule has 162 valence electrons. The topological polar surface area (TPSA) is 93.2 Å². The van der Waals surface area contributed by atoms with Gasteiger partial charge in [-0.3, -0.25) is 9.59 Å². The zero-order valence-electron chi connectivity index (χ0n) is 17.4. The van der Waals surface area contributed by atoms with Gasteiger partial charge in [0.15, 0.2) is 0 Å². The van der Waals surface area contributed by atoms with E-state index in [9.17, 15) is 14.0 Å². The Morgan fingerprint density at radius 3 is 2.71 bits per heavy atom. The summed E-state index contributed by atoms with van der Waals surface area (Å²) in [6, 6.07) is 9.27. The number of carbonyl (C=O) groups excluding carboxylic acids is 1. The number of likely N-dealkylation sites (N-methyl/N-ethyl adjacent to an activating group) is 1. The van der Waals surface area contributed by atoms with E-state index >= 15 is 0 Å². The molecule has 0 saturated carbocycles. The summed E-state index contributed by atoms with van der Waals surface area (Å²) >= 11 is 5.92. The van der Waals surface area contributed by atoms with Gasteiger partial charge in [-0.15, -0.1) is 0 Å². The summed E-state index contributed by atoms with van der Waals surface area (Å²) in [5, 5.41) is 0.399. The van der Waals surface area contributed by atoms with E-state index in [2.05, 4.69) is 10.4 Å². The lowest BCUT2D eigenvalue weighted by atomic mass is 10.1. The first kappa shape index (κ1) is 22.3. The molecule has 0 saturated heterocycles. The Balaban J connectivity index is 1.81. The minimum absolute atomic E-state index is 0.0545. The fourth-order valence-corrected chi connectivity index (χ4v) is 3.38. The average molecular weight is 444 g/mol. The van der Waals surface area contributed by atoms with Gasteiger partial charge in [-0.2, -0.15) is 0 Å². The van der Waals surface area contributed by atoms with Crippen LogP contribution in [0.2, 0.25) is 5.02 Å². The van der Waals surface area contributed by atoms with Crippen LogP contribution in [0.1, 0.15) is 22.4 Å². The zero-order chi connectivity index (χ0) is 22.7. The number of aromatic nitrogens is 2. The van der Waals surface area contributed by atoms with E-state index in [4.69, 9.17) is 17.3 Å². The molecule has 0 bridgehead atoms. The van der Waals surface area contributed by atoms with E-state index in [-0.39, 0.29) is 24.4 Å². The van der Waals surface area contributed by atoms with E-state index < -0.39 is 5.82 Å². The standard InChI is InChI=1S/C22H23ClFN5O2/c1-13-8-9-29(26-12-15-10-16(23)4-5-18(15)24)22(31)17(13)11-21(30)28(3)19-6-7-20(25)27-14(19)2/h4-10,26H,11-12H2,1-3H3,(H2,25,27). The van der Waals surface area contributed by atoms with Crippen LogP contribution in [0.25, 0.3) is 0 Å². The summed E-state index contributed by atoms with van der Waals surface area (Å²) < 4.78 is 15.2. The van der Waals surface area contributed by atoms with Gasteiger partial charge in [0.1, 0.15) is 11.6 Å². The smallest absolute Gasteiger partial charge is 0.272 e. The highest BCUT2D eigenvalue weighted by atomic mass is 35.5. The Hall–Kier alpha value is -3.39. The summed E-state index contributed by atoms with van der Waals surface area (Å²) in [5.41, 5.74) is 10.8. The zero-order valence-corrected chi connectivity index (χ0v) is 18.2. The number of benzene rings is 1. The molecule has 0 spiro atoms. The maximum atomic E-state index is 13.9. The number of amides is 1. The molecule has 3 rings (SSSR count). The SMILES string of the molecule is Cc1ccn(NCc2cc(Cl)ccc2F)c(=O)c1CC(=O)N(C)c1ccc(N)nc1C. The lowest BCUT2D eigenvalue weighted by Gasteiger charge is -2.20. The van der Waals surface area contributed by atoms with Crippen molar-refractivity contribution in [3.63, 3.8) is 0 Å². The normalized spacial score (nSPS) is 10.7. The molecule has 1 aromatic carbocycles. The molecule has 0 radical (unpaired) electrons. The Morgan fingerprint density at radius 1 is 1.26 bits per heavy atom. The highest BCUT2D eigenvalue weighted by Gasteiger charge is 2.18. The van der Waals surface area contributed by atoms with Crippen LogP contribution < -0.4 is 21.6 Å². The van der Waals surface area contributed by atoms with Crippen LogP contribution in [0.3, 0.4) is 0 Å². The van der Waals surface area contributed by atoms with Gasteiger partial charge >= 0.3 is 0 Å². The summed E-state index contributed by atoms with van der Waals surface area (Å²) in [7, 11) is 1.62. The van der Waals surface area contributed by atoms with Crippen LogP contribution in [0.15, 0.2) is 47.4 Å². The van der Waals surface area contributed by atoms with Crippen LogP contribution in [-0.2, 0) is 17.8 Å². The molecule has 0 fully saturated rings. The Kier molecular flexibility index (Phi) is 6.60. The van der Waals surface area contributed by atoms with Gasteiger partial charge < -0.3 is 16.1 Å². The molecule has 0 unspecified atom stereocenters. The number of nitrogens with one attached hydrogen (secondary N) is 1. The summed E-state index contributed by atoms with van der Waals surface area (Å²) in [6.07, 6.45) is 1.45. The van der Waals surface area contributed by atoms with Crippen molar-refractivity contribution in [3.8, 4) is 0 Å². The Morgan fingerprint density at radius 2 is 2.00 bits per heavy atom. The van der Waals surface area contributed by atoms with Gasteiger partial charge in [0.2, 0.25) is 5.91 Å². The molecular formula is C22H23ClFN5O2. The Bertz CT molecular complexity index is 1200. The van der Waals surface area contributed by atoms with Gasteiger partial charge in [0, 0.05) is 29.4 Å². The number of nitrogen functional groups attached to an aromatic ring is 1. The minimum atomic E-state index is -0.429. The van der Waals surface area contributed by atoms with Crippen molar-refractivity contribution < 1.29 is 9.18 Å². The van der Waals surface area contributed by atoms with Crippen molar-refractivity contribution in [1.82, 2.24) is 9.66 Å². The van der Waals surface area contributed by atoms with Gasteiger partial charge in [-0.05, 0) is 55.8 Å². The van der Waals surface area contributed by atoms with Crippen LogP contribution in [0.4, 0.5) is 15.9 Å². The van der Waals surface area contributed by atoms with Crippen molar-refractivity contribution in [2.24, 2.45) is 0 Å². The first-order chi connectivity index (χ1) is 14.7. The van der Waals surface area contributed by atoms with Crippen LogP contribution in [-0.4, -0.2) is 22.6 Å². The number of nitrogens with zero attached hydrogens (tertiary/aromatic N) is 3. The summed E-state index contributed by atoms with van der Waals surface area (Å²) in [6.45, 7) is 3.58. The first-order valence-corrected chi connectivity index (χ1v) is 9.93. The number of anilines is 2. The molecule has 9 heteroatoms. The van der Waals surface area contributed by atoms with Crippen molar-refractivity contribution in [2.75, 3.05) is 23.1 Å². The summed E-state index contributed by atoms with van der Waals surface area (Å²) in [5.74, 6) is -0.332. The quantitative estimate of drug-likeness (QED) is 0.610. The maximum absolute atomic E-state index is 13.9. The first-order valence-electron chi connectivity index (χ1n) is 9.56. The third kappa shape index (κ3) is 5.03. The highest BCUT2D eigenvalue weighted by molar-refractivity contribution is 6.30. The molecule has 31 heavy (non-hydrogen) atoms. The molecule has 0 aliphatic heterocycles. The molecule has 0 aliphatic rings.